The number of quaternary nitrogens is 1. The second-order valence-corrected chi connectivity index (χ2v) is 8.04. The number of ketones is 1. The van der Waals surface area contributed by atoms with Gasteiger partial charge in [-0.05, 0) is 44.9 Å². The van der Waals surface area contributed by atoms with Crippen LogP contribution in [0.15, 0.2) is 30.3 Å². The van der Waals surface area contributed by atoms with E-state index in [-0.39, 0.29) is 30.9 Å². The molecule has 7 heteroatoms. The van der Waals surface area contributed by atoms with Gasteiger partial charge in [-0.15, -0.1) is 0 Å². The van der Waals surface area contributed by atoms with Gasteiger partial charge in [0.2, 0.25) is 5.78 Å². The standard InChI is InChI=1S/C23H31N3O4/c1-16-11-21(17(2)26(16)13-20-9-6-10-30-20)22(27)14-25(3)15-23(28)24-18-7-5-8-19(12-18)29-4/h5,7-8,11-12,20H,6,9-10,13-15H2,1-4H3,(H,24,28)/p+1/t20-/m1/s1. The second-order valence-electron chi connectivity index (χ2n) is 8.04. The van der Waals surface area contributed by atoms with Gasteiger partial charge < -0.3 is 24.3 Å². The van der Waals surface area contributed by atoms with E-state index >= 15 is 0 Å². The van der Waals surface area contributed by atoms with Crippen molar-refractivity contribution in [1.82, 2.24) is 4.57 Å². The van der Waals surface area contributed by atoms with Crippen LogP contribution in [0.25, 0.3) is 0 Å². The predicted octanol–water partition coefficient (Wildman–Crippen LogP) is 1.63. The molecule has 162 valence electrons. The number of aromatic nitrogens is 1. The Bertz CT molecular complexity index is 900. The number of ether oxygens (including phenoxy) is 2. The summed E-state index contributed by atoms with van der Waals surface area (Å²) in [5, 5.41) is 2.86. The van der Waals surface area contributed by atoms with Gasteiger partial charge in [0, 0.05) is 41.9 Å². The lowest BCUT2D eigenvalue weighted by Crippen LogP contribution is -3.11. The number of nitrogens with zero attached hydrogens (tertiary/aromatic N) is 1. The highest BCUT2D eigenvalue weighted by atomic mass is 16.5. The maximum absolute atomic E-state index is 12.9. The van der Waals surface area contributed by atoms with Crippen LogP contribution in [0.2, 0.25) is 0 Å². The van der Waals surface area contributed by atoms with Gasteiger partial charge in [0.1, 0.15) is 12.3 Å². The van der Waals surface area contributed by atoms with Crippen molar-refractivity contribution < 1.29 is 24.0 Å². The van der Waals surface area contributed by atoms with E-state index < -0.39 is 0 Å². The summed E-state index contributed by atoms with van der Waals surface area (Å²) >= 11 is 0. The van der Waals surface area contributed by atoms with Crippen molar-refractivity contribution in [1.29, 1.82) is 0 Å². The topological polar surface area (TPSA) is 74.0 Å². The van der Waals surface area contributed by atoms with Crippen molar-refractivity contribution in [2.75, 3.05) is 39.2 Å². The van der Waals surface area contributed by atoms with E-state index in [2.05, 4.69) is 9.88 Å². The van der Waals surface area contributed by atoms with E-state index in [0.717, 1.165) is 47.8 Å². The van der Waals surface area contributed by atoms with E-state index in [4.69, 9.17) is 9.47 Å². The molecular formula is C23H32N3O4+. The Hall–Kier alpha value is -2.64. The molecule has 2 heterocycles. The first-order valence-electron chi connectivity index (χ1n) is 10.4. The van der Waals surface area contributed by atoms with Crippen molar-refractivity contribution >= 4 is 17.4 Å². The molecule has 2 aromatic rings. The average molecular weight is 415 g/mol. The van der Waals surface area contributed by atoms with E-state index in [0.29, 0.717) is 11.4 Å². The summed E-state index contributed by atoms with van der Waals surface area (Å²) in [6, 6.07) is 9.17. The number of hydrogen-bond donors (Lipinski definition) is 2. The number of methoxy groups -OCH3 is 1. The number of aryl methyl sites for hydroxylation is 1. The first-order valence-corrected chi connectivity index (χ1v) is 10.4. The van der Waals surface area contributed by atoms with Crippen molar-refractivity contribution in [2.24, 2.45) is 0 Å². The van der Waals surface area contributed by atoms with Crippen LogP contribution >= 0.6 is 0 Å². The van der Waals surface area contributed by atoms with Crippen LogP contribution in [0.4, 0.5) is 5.69 Å². The molecule has 2 N–H and O–H groups in total. The lowest BCUT2D eigenvalue weighted by molar-refractivity contribution is -0.861. The van der Waals surface area contributed by atoms with Crippen LogP contribution in [0, 0.1) is 13.8 Å². The van der Waals surface area contributed by atoms with Crippen molar-refractivity contribution in [3.05, 3.63) is 47.3 Å². The number of likely N-dealkylation sites (N-methyl/N-ethyl adjacent to an activating group) is 1. The molecule has 0 aliphatic carbocycles. The first kappa shape index (κ1) is 22.1. The number of carbonyl (C=O) groups is 2. The number of Topliss-reactive ketones (excluding diaryl/α,β-unsaturated/α-hetero) is 1. The maximum atomic E-state index is 12.9. The molecule has 1 aliphatic heterocycles. The number of rotatable bonds is 9. The molecule has 1 fully saturated rings. The fourth-order valence-electron chi connectivity index (χ4n) is 3.97. The normalized spacial score (nSPS) is 17.0. The molecule has 1 aromatic heterocycles. The van der Waals surface area contributed by atoms with Crippen LogP contribution in [0.3, 0.4) is 0 Å². The first-order chi connectivity index (χ1) is 14.4. The van der Waals surface area contributed by atoms with Gasteiger partial charge >= 0.3 is 0 Å². The summed E-state index contributed by atoms with van der Waals surface area (Å²) in [6.45, 7) is 6.09. The fraction of sp³-hybridized carbons (Fsp3) is 0.478. The summed E-state index contributed by atoms with van der Waals surface area (Å²) in [5.41, 5.74) is 3.45. The van der Waals surface area contributed by atoms with Crippen LogP contribution in [-0.4, -0.2) is 56.2 Å². The van der Waals surface area contributed by atoms with Gasteiger partial charge in [0.15, 0.2) is 6.54 Å². The summed E-state index contributed by atoms with van der Waals surface area (Å²) in [5.74, 6) is 0.591. The zero-order valence-electron chi connectivity index (χ0n) is 18.3. The molecule has 0 saturated carbocycles. The summed E-state index contributed by atoms with van der Waals surface area (Å²) in [6.07, 6.45) is 2.39. The van der Waals surface area contributed by atoms with Crippen molar-refractivity contribution in [3.8, 4) is 5.75 Å². The van der Waals surface area contributed by atoms with Gasteiger partial charge in [0.25, 0.3) is 5.91 Å². The Kier molecular flexibility index (Phi) is 7.29. The van der Waals surface area contributed by atoms with Crippen LogP contribution < -0.4 is 15.0 Å². The lowest BCUT2D eigenvalue weighted by Gasteiger charge is -2.15. The minimum absolute atomic E-state index is 0.0494. The Morgan fingerprint density at radius 3 is 2.77 bits per heavy atom. The highest BCUT2D eigenvalue weighted by Gasteiger charge is 2.23. The van der Waals surface area contributed by atoms with Crippen LogP contribution in [0.5, 0.6) is 5.75 Å². The summed E-state index contributed by atoms with van der Waals surface area (Å²) in [4.78, 5) is 26.1. The number of amides is 1. The fourth-order valence-corrected chi connectivity index (χ4v) is 3.97. The minimum Gasteiger partial charge on any atom is -0.497 e. The van der Waals surface area contributed by atoms with Gasteiger partial charge in [-0.25, -0.2) is 0 Å². The Balaban J connectivity index is 1.56. The van der Waals surface area contributed by atoms with Gasteiger partial charge in [0.05, 0.1) is 20.3 Å². The maximum Gasteiger partial charge on any atom is 0.279 e. The monoisotopic (exact) mass is 414 g/mol. The second kappa shape index (κ2) is 9.91. The highest BCUT2D eigenvalue weighted by molar-refractivity contribution is 5.98. The Morgan fingerprint density at radius 2 is 2.07 bits per heavy atom. The number of anilines is 1. The molecule has 1 aromatic carbocycles. The van der Waals surface area contributed by atoms with E-state index in [1.54, 1.807) is 13.2 Å². The van der Waals surface area contributed by atoms with Gasteiger partial charge in [-0.3, -0.25) is 9.59 Å². The summed E-state index contributed by atoms with van der Waals surface area (Å²) < 4.78 is 13.1. The van der Waals surface area contributed by atoms with Gasteiger partial charge in [-0.1, -0.05) is 6.07 Å². The largest absolute Gasteiger partial charge is 0.497 e. The molecule has 0 bridgehead atoms. The molecule has 0 radical (unpaired) electrons. The quantitative estimate of drug-likeness (QED) is 0.612. The number of carbonyl (C=O) groups excluding carboxylic acids is 2. The predicted molar refractivity (Wildman–Crippen MR) is 115 cm³/mol. The Labute approximate surface area is 178 Å². The van der Waals surface area contributed by atoms with Crippen molar-refractivity contribution in [3.63, 3.8) is 0 Å². The third kappa shape index (κ3) is 5.49. The Morgan fingerprint density at radius 1 is 1.27 bits per heavy atom. The highest BCUT2D eigenvalue weighted by Crippen LogP contribution is 2.20. The van der Waals surface area contributed by atoms with E-state index in [1.165, 1.54) is 0 Å². The molecular weight excluding hydrogens is 382 g/mol. The summed E-state index contributed by atoms with van der Waals surface area (Å²) in [7, 11) is 3.44. The molecule has 2 atom stereocenters. The zero-order valence-corrected chi connectivity index (χ0v) is 18.3. The van der Waals surface area contributed by atoms with Gasteiger partial charge in [-0.2, -0.15) is 0 Å². The minimum atomic E-state index is -0.141. The molecule has 1 saturated heterocycles. The number of hydrogen-bond acceptors (Lipinski definition) is 4. The van der Waals surface area contributed by atoms with E-state index in [9.17, 15) is 9.59 Å². The van der Waals surface area contributed by atoms with Crippen LogP contribution in [0.1, 0.15) is 34.6 Å². The zero-order chi connectivity index (χ0) is 21.7. The number of benzene rings is 1. The molecule has 7 nitrogen and oxygen atoms in total. The van der Waals surface area contributed by atoms with Crippen LogP contribution in [-0.2, 0) is 16.1 Å². The van der Waals surface area contributed by atoms with Crippen molar-refractivity contribution in [2.45, 2.75) is 39.3 Å². The molecule has 1 amide bonds. The SMILES string of the molecule is COc1cccc(NC(=O)C[NH+](C)CC(=O)c2cc(C)n(C[C@H]3CCCO3)c2C)c1. The molecule has 0 spiro atoms. The third-order valence-electron chi connectivity index (χ3n) is 5.56. The lowest BCUT2D eigenvalue weighted by atomic mass is 10.1. The average Bonchev–Trinajstić information content (AvgIpc) is 3.31. The van der Waals surface area contributed by atoms with E-state index in [1.807, 2.05) is 45.2 Å². The molecule has 1 unspecified atom stereocenters. The molecule has 1 aliphatic rings. The molecule has 30 heavy (non-hydrogen) atoms. The molecule has 3 rings (SSSR count). The third-order valence-corrected chi connectivity index (χ3v) is 5.56. The smallest absolute Gasteiger partial charge is 0.279 e. The number of nitrogens with one attached hydrogen (secondary N) is 2.